The summed E-state index contributed by atoms with van der Waals surface area (Å²) in [6, 6.07) is 4.08. The van der Waals surface area contributed by atoms with Crippen LogP contribution in [0.25, 0.3) is 0 Å². The Morgan fingerprint density at radius 3 is 2.86 bits per heavy atom. The van der Waals surface area contributed by atoms with Crippen molar-refractivity contribution in [3.63, 3.8) is 0 Å². The summed E-state index contributed by atoms with van der Waals surface area (Å²) in [5.74, 6) is 0.251. The molecular formula is C12H9BrN4O4. The number of rotatable bonds is 4. The van der Waals surface area contributed by atoms with E-state index >= 15 is 0 Å². The van der Waals surface area contributed by atoms with Gasteiger partial charge in [-0.25, -0.2) is 0 Å². The fourth-order valence-corrected chi connectivity index (χ4v) is 2.13. The maximum Gasteiger partial charge on any atom is 0.322 e. The smallest absolute Gasteiger partial charge is 0.322 e. The van der Waals surface area contributed by atoms with Crippen LogP contribution in [-0.2, 0) is 0 Å². The molecular weight excluding hydrogens is 344 g/mol. The monoisotopic (exact) mass is 352 g/mol. The van der Waals surface area contributed by atoms with Crippen molar-refractivity contribution in [2.75, 3.05) is 5.32 Å². The Morgan fingerprint density at radius 2 is 2.19 bits per heavy atom. The van der Waals surface area contributed by atoms with Crippen LogP contribution in [0, 0.1) is 10.1 Å². The summed E-state index contributed by atoms with van der Waals surface area (Å²) >= 11 is 3.06. The lowest BCUT2D eigenvalue weighted by Crippen LogP contribution is -2.12. The molecule has 1 N–H and O–H groups in total. The van der Waals surface area contributed by atoms with Crippen molar-refractivity contribution in [3.05, 3.63) is 44.2 Å². The van der Waals surface area contributed by atoms with Crippen LogP contribution in [0.5, 0.6) is 0 Å². The van der Waals surface area contributed by atoms with Gasteiger partial charge in [0.2, 0.25) is 5.89 Å². The zero-order valence-corrected chi connectivity index (χ0v) is 12.2. The van der Waals surface area contributed by atoms with E-state index in [1.807, 2.05) is 0 Å². The number of halogens is 1. The van der Waals surface area contributed by atoms with Crippen LogP contribution in [0.3, 0.4) is 0 Å². The van der Waals surface area contributed by atoms with Crippen molar-refractivity contribution in [2.24, 2.45) is 0 Å². The number of carbonyl (C=O) groups excluding carboxylic acids is 1. The molecule has 1 fully saturated rings. The predicted octanol–water partition coefficient (Wildman–Crippen LogP) is 2.87. The molecule has 1 aromatic carbocycles. The van der Waals surface area contributed by atoms with Crippen LogP contribution in [0.1, 0.15) is 35.0 Å². The molecule has 1 saturated carbocycles. The fraction of sp³-hybridized carbons (Fsp3) is 0.250. The maximum atomic E-state index is 12.0. The third-order valence-electron chi connectivity index (χ3n) is 2.99. The molecule has 1 aliphatic rings. The zero-order valence-electron chi connectivity index (χ0n) is 10.6. The number of hydrogen-bond donors (Lipinski definition) is 1. The number of anilines is 1. The molecule has 0 radical (unpaired) electrons. The number of nitrogens with one attached hydrogen (secondary N) is 1. The Kier molecular flexibility index (Phi) is 3.42. The van der Waals surface area contributed by atoms with E-state index in [-0.39, 0.29) is 23.2 Å². The summed E-state index contributed by atoms with van der Waals surface area (Å²) in [4.78, 5) is 22.3. The van der Waals surface area contributed by atoms with Gasteiger partial charge in [0.1, 0.15) is 0 Å². The topological polar surface area (TPSA) is 111 Å². The highest BCUT2D eigenvalue weighted by molar-refractivity contribution is 9.10. The van der Waals surface area contributed by atoms with Crippen LogP contribution in [0.2, 0.25) is 0 Å². The average molecular weight is 353 g/mol. The molecule has 1 aliphatic carbocycles. The second kappa shape index (κ2) is 5.24. The van der Waals surface area contributed by atoms with Crippen molar-refractivity contribution in [1.29, 1.82) is 0 Å². The Morgan fingerprint density at radius 1 is 1.43 bits per heavy atom. The van der Waals surface area contributed by atoms with Gasteiger partial charge < -0.3 is 4.42 Å². The van der Waals surface area contributed by atoms with Gasteiger partial charge in [-0.1, -0.05) is 5.10 Å². The van der Waals surface area contributed by atoms with Crippen LogP contribution < -0.4 is 5.32 Å². The van der Waals surface area contributed by atoms with Gasteiger partial charge in [0.05, 0.1) is 9.40 Å². The van der Waals surface area contributed by atoms with Crippen LogP contribution >= 0.6 is 15.9 Å². The van der Waals surface area contributed by atoms with Gasteiger partial charge in [-0.05, 0) is 40.9 Å². The first-order chi connectivity index (χ1) is 10.0. The molecule has 0 spiro atoms. The van der Waals surface area contributed by atoms with Crippen LogP contribution in [0.4, 0.5) is 11.7 Å². The Hall–Kier alpha value is -2.29. The standard InChI is InChI=1S/C12H9BrN4O4/c13-8-4-3-7(5-9(8)17(19)20)10(18)14-12-16-15-11(21-12)6-1-2-6/h3-6H,1-2H2,(H,14,16,18). The molecule has 0 bridgehead atoms. The number of hydrogen-bond acceptors (Lipinski definition) is 6. The summed E-state index contributed by atoms with van der Waals surface area (Å²) in [6.45, 7) is 0. The minimum atomic E-state index is -0.571. The number of carbonyl (C=O) groups is 1. The van der Waals surface area contributed by atoms with E-state index in [0.29, 0.717) is 10.4 Å². The molecule has 3 rings (SSSR count). The lowest BCUT2D eigenvalue weighted by atomic mass is 10.2. The number of aromatic nitrogens is 2. The van der Waals surface area contributed by atoms with Crippen LogP contribution in [0.15, 0.2) is 27.1 Å². The van der Waals surface area contributed by atoms with Gasteiger partial charge in [-0.3, -0.25) is 20.2 Å². The first-order valence-corrected chi connectivity index (χ1v) is 6.92. The van der Waals surface area contributed by atoms with E-state index in [1.54, 1.807) is 0 Å². The minimum absolute atomic E-state index is 0.00697. The molecule has 0 aliphatic heterocycles. The van der Waals surface area contributed by atoms with E-state index in [1.165, 1.54) is 18.2 Å². The quantitative estimate of drug-likeness (QED) is 0.668. The van der Waals surface area contributed by atoms with Gasteiger partial charge in [-0.2, -0.15) is 0 Å². The van der Waals surface area contributed by atoms with Crippen molar-refractivity contribution in [1.82, 2.24) is 10.2 Å². The SMILES string of the molecule is O=C(Nc1nnc(C2CC2)o1)c1ccc(Br)c([N+](=O)[O-])c1. The van der Waals surface area contributed by atoms with Crippen LogP contribution in [-0.4, -0.2) is 21.0 Å². The van der Waals surface area contributed by atoms with Gasteiger partial charge in [-0.15, -0.1) is 5.10 Å². The fourth-order valence-electron chi connectivity index (χ4n) is 1.74. The van der Waals surface area contributed by atoms with E-state index in [4.69, 9.17) is 4.42 Å². The molecule has 9 heteroatoms. The molecule has 21 heavy (non-hydrogen) atoms. The zero-order chi connectivity index (χ0) is 15.0. The largest absolute Gasteiger partial charge is 0.408 e. The summed E-state index contributed by atoms with van der Waals surface area (Å²) < 4.78 is 5.61. The van der Waals surface area contributed by atoms with Crippen molar-refractivity contribution in [3.8, 4) is 0 Å². The van der Waals surface area contributed by atoms with Gasteiger partial charge in [0.15, 0.2) is 0 Å². The van der Waals surface area contributed by atoms with Gasteiger partial charge in [0.25, 0.3) is 11.6 Å². The molecule has 1 aromatic heterocycles. The first-order valence-electron chi connectivity index (χ1n) is 6.13. The van der Waals surface area contributed by atoms with Gasteiger partial charge in [0, 0.05) is 17.5 Å². The Balaban J connectivity index is 1.77. The number of benzene rings is 1. The molecule has 8 nitrogen and oxygen atoms in total. The highest BCUT2D eigenvalue weighted by atomic mass is 79.9. The van der Waals surface area contributed by atoms with Crippen molar-refractivity contribution < 1.29 is 14.1 Å². The van der Waals surface area contributed by atoms with Crippen molar-refractivity contribution >= 4 is 33.5 Å². The maximum absolute atomic E-state index is 12.0. The normalized spacial score (nSPS) is 14.0. The summed E-state index contributed by atoms with van der Waals surface area (Å²) in [5, 5.41) is 20.8. The second-order valence-corrected chi connectivity index (χ2v) is 5.45. The molecule has 0 atom stereocenters. The molecule has 0 unspecified atom stereocenters. The predicted molar refractivity (Wildman–Crippen MR) is 75.0 cm³/mol. The molecule has 0 saturated heterocycles. The minimum Gasteiger partial charge on any atom is -0.408 e. The molecule has 1 heterocycles. The lowest BCUT2D eigenvalue weighted by molar-refractivity contribution is -0.385. The number of amides is 1. The third-order valence-corrected chi connectivity index (χ3v) is 3.66. The molecule has 1 amide bonds. The van der Waals surface area contributed by atoms with E-state index < -0.39 is 10.8 Å². The highest BCUT2D eigenvalue weighted by Crippen LogP contribution is 2.39. The lowest BCUT2D eigenvalue weighted by Gasteiger charge is -2.01. The molecule has 108 valence electrons. The number of nitrogens with zero attached hydrogens (tertiary/aromatic N) is 3. The highest BCUT2D eigenvalue weighted by Gasteiger charge is 2.29. The summed E-state index contributed by atoms with van der Waals surface area (Å²) in [5.41, 5.74) is -0.0529. The van der Waals surface area contributed by atoms with E-state index in [0.717, 1.165) is 12.8 Å². The third kappa shape index (κ3) is 2.92. The number of nitro benzene ring substituents is 1. The summed E-state index contributed by atoms with van der Waals surface area (Å²) in [7, 11) is 0. The van der Waals surface area contributed by atoms with E-state index in [9.17, 15) is 14.9 Å². The Bertz CT molecular complexity index is 726. The first kappa shape index (κ1) is 13.7. The van der Waals surface area contributed by atoms with Gasteiger partial charge >= 0.3 is 6.01 Å². The van der Waals surface area contributed by atoms with Crippen molar-refractivity contribution in [2.45, 2.75) is 18.8 Å². The second-order valence-electron chi connectivity index (χ2n) is 4.60. The Labute approximate surface area is 126 Å². The average Bonchev–Trinajstić information content (AvgIpc) is 3.19. The molecule has 2 aromatic rings. The van der Waals surface area contributed by atoms with E-state index in [2.05, 4.69) is 31.4 Å². The number of nitro groups is 1. The summed E-state index contributed by atoms with van der Waals surface area (Å²) in [6.07, 6.45) is 2.02.